The largest absolute Gasteiger partial charge is 0.310 e. The lowest BCUT2D eigenvalue weighted by atomic mass is 9.68. The Kier molecular flexibility index (Phi) is 8.79. The monoisotopic (exact) mass is 763 g/mol. The Balaban J connectivity index is 1.13. The van der Waals surface area contributed by atoms with Crippen LogP contribution < -0.4 is 4.90 Å². The fourth-order valence-corrected chi connectivity index (χ4v) is 9.58. The molecule has 0 heterocycles. The maximum Gasteiger partial charge on any atom is 0.0714 e. The minimum Gasteiger partial charge on any atom is -0.310 e. The maximum absolute atomic E-state index is 2.47. The van der Waals surface area contributed by atoms with Gasteiger partial charge in [0, 0.05) is 16.9 Å². The van der Waals surface area contributed by atoms with Gasteiger partial charge >= 0.3 is 0 Å². The van der Waals surface area contributed by atoms with Crippen LogP contribution >= 0.6 is 0 Å². The highest BCUT2D eigenvalue weighted by atomic mass is 15.1. The topological polar surface area (TPSA) is 3.24 Å². The van der Waals surface area contributed by atoms with Crippen LogP contribution in [0.5, 0.6) is 0 Å². The van der Waals surface area contributed by atoms with Crippen molar-refractivity contribution >= 4 is 27.8 Å². The van der Waals surface area contributed by atoms with Crippen molar-refractivity contribution in [2.45, 2.75) is 5.41 Å². The summed E-state index contributed by atoms with van der Waals surface area (Å²) in [4.78, 5) is 2.47. The third-order valence-corrected chi connectivity index (χ3v) is 12.3. The first-order valence-electron chi connectivity index (χ1n) is 20.8. The summed E-state index contributed by atoms with van der Waals surface area (Å²) in [5, 5.41) is 2.40. The first-order chi connectivity index (χ1) is 29.8. The molecule has 60 heavy (non-hydrogen) atoms. The van der Waals surface area contributed by atoms with E-state index in [0.717, 1.165) is 17.1 Å². The van der Waals surface area contributed by atoms with E-state index in [1.54, 1.807) is 0 Å². The van der Waals surface area contributed by atoms with E-state index in [1.807, 2.05) is 0 Å². The molecular formula is C59H41N. The third-order valence-electron chi connectivity index (χ3n) is 12.3. The number of hydrogen-bond donors (Lipinski definition) is 0. The van der Waals surface area contributed by atoms with Gasteiger partial charge in [0.25, 0.3) is 0 Å². The van der Waals surface area contributed by atoms with Crippen molar-refractivity contribution in [2.24, 2.45) is 0 Å². The molecule has 0 aliphatic heterocycles. The zero-order valence-electron chi connectivity index (χ0n) is 33.1. The summed E-state index contributed by atoms with van der Waals surface area (Å²) in [6.07, 6.45) is 0. The number of fused-ring (bicyclic) bond motifs is 4. The number of anilines is 3. The molecule has 0 N–H and O–H groups in total. The van der Waals surface area contributed by atoms with E-state index in [0.29, 0.717) is 0 Å². The van der Waals surface area contributed by atoms with Crippen molar-refractivity contribution in [1.82, 2.24) is 0 Å². The number of nitrogens with zero attached hydrogens (tertiary/aromatic N) is 1. The Hall–Kier alpha value is -7.74. The lowest BCUT2D eigenvalue weighted by Gasteiger charge is -2.34. The number of benzene rings is 10. The van der Waals surface area contributed by atoms with Gasteiger partial charge in [0.1, 0.15) is 0 Å². The van der Waals surface area contributed by atoms with Crippen molar-refractivity contribution in [3.05, 3.63) is 271 Å². The molecule has 11 rings (SSSR count). The first-order valence-corrected chi connectivity index (χ1v) is 20.8. The van der Waals surface area contributed by atoms with Crippen LogP contribution in [0, 0.1) is 0 Å². The molecule has 1 nitrogen and oxygen atoms in total. The number of rotatable bonds is 8. The molecule has 10 aromatic carbocycles. The molecule has 282 valence electrons. The molecule has 10 aromatic rings. The minimum atomic E-state index is -0.500. The van der Waals surface area contributed by atoms with Crippen LogP contribution in [0.25, 0.3) is 55.3 Å². The van der Waals surface area contributed by atoms with Gasteiger partial charge in [-0.15, -0.1) is 0 Å². The Morgan fingerprint density at radius 3 is 1.43 bits per heavy atom. The highest BCUT2D eigenvalue weighted by Crippen LogP contribution is 2.59. The van der Waals surface area contributed by atoms with E-state index < -0.39 is 5.41 Å². The van der Waals surface area contributed by atoms with E-state index in [1.165, 1.54) is 77.5 Å². The van der Waals surface area contributed by atoms with Crippen LogP contribution in [0.4, 0.5) is 17.1 Å². The minimum absolute atomic E-state index is 0.500. The average Bonchev–Trinajstić information content (AvgIpc) is 3.64. The van der Waals surface area contributed by atoms with Gasteiger partial charge in [0.15, 0.2) is 0 Å². The highest BCUT2D eigenvalue weighted by Gasteiger charge is 2.47. The Labute approximate surface area is 352 Å². The molecule has 1 heteroatoms. The van der Waals surface area contributed by atoms with Crippen molar-refractivity contribution in [2.75, 3.05) is 4.90 Å². The van der Waals surface area contributed by atoms with Gasteiger partial charge in [-0.25, -0.2) is 0 Å². The van der Waals surface area contributed by atoms with Crippen LogP contribution in [0.3, 0.4) is 0 Å². The zero-order chi connectivity index (χ0) is 39.9. The summed E-state index contributed by atoms with van der Waals surface area (Å²) >= 11 is 0. The van der Waals surface area contributed by atoms with E-state index >= 15 is 0 Å². The van der Waals surface area contributed by atoms with E-state index in [2.05, 4.69) is 254 Å². The van der Waals surface area contributed by atoms with Gasteiger partial charge in [0.05, 0.1) is 11.1 Å². The summed E-state index contributed by atoms with van der Waals surface area (Å²) in [5.74, 6) is 0. The Morgan fingerprint density at radius 1 is 0.283 bits per heavy atom. The first kappa shape index (κ1) is 35.4. The van der Waals surface area contributed by atoms with Gasteiger partial charge in [-0.3, -0.25) is 0 Å². The quantitative estimate of drug-likeness (QED) is 0.149. The third kappa shape index (κ3) is 5.94. The molecule has 0 radical (unpaired) electrons. The van der Waals surface area contributed by atoms with Crippen molar-refractivity contribution < 1.29 is 0 Å². The van der Waals surface area contributed by atoms with E-state index in [9.17, 15) is 0 Å². The molecule has 0 fully saturated rings. The fraction of sp³-hybridized carbons (Fsp3) is 0.0169. The van der Waals surface area contributed by atoms with Crippen molar-refractivity contribution in [3.8, 4) is 44.5 Å². The number of hydrogen-bond acceptors (Lipinski definition) is 1. The van der Waals surface area contributed by atoms with Gasteiger partial charge in [-0.05, 0) is 114 Å². The van der Waals surface area contributed by atoms with E-state index in [-0.39, 0.29) is 0 Å². The van der Waals surface area contributed by atoms with Crippen LogP contribution in [-0.2, 0) is 5.41 Å². The molecule has 0 saturated heterocycles. The predicted molar refractivity (Wildman–Crippen MR) is 252 cm³/mol. The van der Waals surface area contributed by atoms with Crippen LogP contribution in [0.2, 0.25) is 0 Å². The summed E-state index contributed by atoms with van der Waals surface area (Å²) in [6.45, 7) is 0. The molecule has 0 aromatic heterocycles. The molecule has 0 spiro atoms. The fourth-order valence-electron chi connectivity index (χ4n) is 9.58. The zero-order valence-corrected chi connectivity index (χ0v) is 33.1. The summed E-state index contributed by atoms with van der Waals surface area (Å²) in [7, 11) is 0. The van der Waals surface area contributed by atoms with Gasteiger partial charge in [-0.2, -0.15) is 0 Å². The molecule has 0 saturated carbocycles. The molecular weight excluding hydrogens is 723 g/mol. The second-order valence-electron chi connectivity index (χ2n) is 15.7. The van der Waals surface area contributed by atoms with Crippen LogP contribution in [0.15, 0.2) is 249 Å². The van der Waals surface area contributed by atoms with Gasteiger partial charge in [0.2, 0.25) is 0 Å². The predicted octanol–water partition coefficient (Wildman–Crippen LogP) is 15.7. The lowest BCUT2D eigenvalue weighted by Crippen LogP contribution is -2.28. The summed E-state index contributed by atoms with van der Waals surface area (Å²) < 4.78 is 0. The second kappa shape index (κ2) is 14.9. The normalized spacial score (nSPS) is 12.5. The maximum atomic E-state index is 2.47. The van der Waals surface area contributed by atoms with Gasteiger partial charge < -0.3 is 4.90 Å². The molecule has 0 atom stereocenters. The highest BCUT2D eigenvalue weighted by molar-refractivity contribution is 5.99. The summed E-state index contributed by atoms with van der Waals surface area (Å²) in [5.41, 5.74) is 17.7. The molecule has 1 aliphatic carbocycles. The van der Waals surface area contributed by atoms with Crippen molar-refractivity contribution in [1.29, 1.82) is 0 Å². The standard InChI is InChI=1S/C59H41N/c1-5-17-42(18-6-1)44-33-36-52(37-34-44)60(53-38-35-45-31-32-48(40-49(45)41-53)47-22-15-21-46(39-47)43-19-7-2-8-20-43)57-30-16-29-56-58(57)54-27-13-14-28-55(54)59(56,50-23-9-3-10-24-50)51-25-11-4-12-26-51/h1-41H. The molecule has 0 unspecified atom stereocenters. The lowest BCUT2D eigenvalue weighted by molar-refractivity contribution is 0.768. The van der Waals surface area contributed by atoms with Crippen LogP contribution in [-0.4, -0.2) is 0 Å². The average molecular weight is 764 g/mol. The van der Waals surface area contributed by atoms with E-state index in [4.69, 9.17) is 0 Å². The Morgan fingerprint density at radius 2 is 0.750 bits per heavy atom. The smallest absolute Gasteiger partial charge is 0.0714 e. The summed E-state index contributed by atoms with van der Waals surface area (Å²) in [6, 6.07) is 91.0. The van der Waals surface area contributed by atoms with Crippen molar-refractivity contribution in [3.63, 3.8) is 0 Å². The molecule has 0 bridgehead atoms. The molecule has 0 amide bonds. The second-order valence-corrected chi connectivity index (χ2v) is 15.7. The SMILES string of the molecule is c1ccc(-c2ccc(N(c3ccc4ccc(-c5cccc(-c6ccccc6)c5)cc4c3)c3cccc4c3-c3ccccc3C4(c3ccccc3)c3ccccc3)cc2)cc1. The van der Waals surface area contributed by atoms with Crippen LogP contribution in [0.1, 0.15) is 22.3 Å². The molecule has 1 aliphatic rings. The Bertz CT molecular complexity index is 3080. The van der Waals surface area contributed by atoms with Gasteiger partial charge in [-0.1, -0.05) is 206 Å².